The minimum Gasteiger partial charge on any atom is -0.287 e. The summed E-state index contributed by atoms with van der Waals surface area (Å²) in [5.41, 5.74) is 1.23. The maximum atomic E-state index is 12.9. The first-order valence-corrected chi connectivity index (χ1v) is 11.0. The van der Waals surface area contributed by atoms with Gasteiger partial charge >= 0.3 is 0 Å². The summed E-state index contributed by atoms with van der Waals surface area (Å²) in [6.07, 6.45) is 1.64. The highest BCUT2D eigenvalue weighted by Crippen LogP contribution is 2.23. The van der Waals surface area contributed by atoms with Crippen LogP contribution in [0.15, 0.2) is 53.4 Å². The molecule has 0 aliphatic carbocycles. The Kier molecular flexibility index (Phi) is 6.34. The Morgan fingerprint density at radius 1 is 1.10 bits per heavy atom. The maximum absolute atomic E-state index is 12.9. The lowest BCUT2D eigenvalue weighted by molar-refractivity contribution is 0.103. The van der Waals surface area contributed by atoms with Gasteiger partial charge in [-0.3, -0.25) is 9.52 Å². The number of aryl methyl sites for hydroxylation is 2. The van der Waals surface area contributed by atoms with Crippen molar-refractivity contribution in [2.75, 3.05) is 4.72 Å². The van der Waals surface area contributed by atoms with Gasteiger partial charge in [0.25, 0.3) is 10.0 Å². The van der Waals surface area contributed by atoms with E-state index in [-0.39, 0.29) is 16.4 Å². The van der Waals surface area contributed by atoms with Crippen molar-refractivity contribution in [3.05, 3.63) is 70.4 Å². The summed E-state index contributed by atoms with van der Waals surface area (Å²) in [5.74, 6) is -0.384. The maximum Gasteiger partial charge on any atom is 0.263 e. The number of aromatic nitrogens is 3. The van der Waals surface area contributed by atoms with E-state index < -0.39 is 15.8 Å². The molecule has 7 nitrogen and oxygen atoms in total. The van der Waals surface area contributed by atoms with Crippen molar-refractivity contribution in [1.29, 1.82) is 0 Å². The number of rotatable bonds is 8. The molecule has 0 aliphatic rings. The fraction of sp³-hybridized carbons (Fsp3) is 0.250. The Morgan fingerprint density at radius 2 is 1.76 bits per heavy atom. The molecule has 0 saturated carbocycles. The van der Waals surface area contributed by atoms with E-state index in [2.05, 4.69) is 15.0 Å². The fourth-order valence-electron chi connectivity index (χ4n) is 2.67. The van der Waals surface area contributed by atoms with Gasteiger partial charge in [-0.05, 0) is 49.7 Å². The molecule has 0 saturated heterocycles. The first-order valence-electron chi connectivity index (χ1n) is 9.15. The molecule has 2 aromatic carbocycles. The number of halogens is 1. The van der Waals surface area contributed by atoms with Gasteiger partial charge in [0.15, 0.2) is 11.5 Å². The van der Waals surface area contributed by atoms with Crippen LogP contribution in [0.2, 0.25) is 5.02 Å². The van der Waals surface area contributed by atoms with Crippen LogP contribution in [0.4, 0.5) is 5.82 Å². The molecule has 0 amide bonds. The molecule has 1 N–H and O–H groups in total. The molecule has 0 atom stereocenters. The third-order valence-electron chi connectivity index (χ3n) is 4.34. The van der Waals surface area contributed by atoms with Gasteiger partial charge in [-0.25, -0.2) is 13.1 Å². The predicted octanol–water partition coefficient (Wildman–Crippen LogP) is 4.07. The van der Waals surface area contributed by atoms with Gasteiger partial charge in [-0.1, -0.05) is 47.9 Å². The molecular weight excluding hydrogens is 412 g/mol. The van der Waals surface area contributed by atoms with Crippen molar-refractivity contribution in [1.82, 2.24) is 15.0 Å². The third kappa shape index (κ3) is 4.83. The number of nitrogens with zero attached hydrogens (tertiary/aromatic N) is 3. The summed E-state index contributed by atoms with van der Waals surface area (Å²) in [4.78, 5) is 13.0. The van der Waals surface area contributed by atoms with Crippen LogP contribution in [-0.2, 0) is 16.6 Å². The van der Waals surface area contributed by atoms with E-state index in [0.29, 0.717) is 17.1 Å². The molecule has 1 aromatic heterocycles. The Bertz CT molecular complexity index is 1110. The first kappa shape index (κ1) is 21.0. The van der Waals surface area contributed by atoms with Gasteiger partial charge in [-0.15, -0.1) is 5.10 Å². The number of anilines is 1. The van der Waals surface area contributed by atoms with Crippen molar-refractivity contribution < 1.29 is 13.2 Å². The van der Waals surface area contributed by atoms with Gasteiger partial charge < -0.3 is 0 Å². The van der Waals surface area contributed by atoms with E-state index in [1.807, 2.05) is 13.8 Å². The Morgan fingerprint density at radius 3 is 2.38 bits per heavy atom. The molecule has 3 rings (SSSR count). The highest BCUT2D eigenvalue weighted by Gasteiger charge is 2.25. The number of benzene rings is 2. The zero-order valence-corrected chi connectivity index (χ0v) is 17.7. The number of hydrogen-bond acceptors (Lipinski definition) is 5. The van der Waals surface area contributed by atoms with E-state index in [1.54, 1.807) is 36.4 Å². The molecule has 0 fully saturated rings. The molecule has 3 aromatic rings. The summed E-state index contributed by atoms with van der Waals surface area (Å²) in [6, 6.07) is 12.7. The van der Waals surface area contributed by atoms with E-state index in [4.69, 9.17) is 11.6 Å². The summed E-state index contributed by atoms with van der Waals surface area (Å²) in [6.45, 7) is 4.31. The van der Waals surface area contributed by atoms with Crippen molar-refractivity contribution in [3.63, 3.8) is 0 Å². The number of carbonyl (C=O) groups excluding carboxylic acids is 1. The second-order valence-corrected chi connectivity index (χ2v) is 8.74. The monoisotopic (exact) mass is 432 g/mol. The predicted molar refractivity (Wildman–Crippen MR) is 112 cm³/mol. The lowest BCUT2D eigenvalue weighted by Crippen LogP contribution is -2.19. The highest BCUT2D eigenvalue weighted by molar-refractivity contribution is 7.92. The number of carbonyl (C=O) groups is 1. The molecular formula is C20H21ClN4O3S. The van der Waals surface area contributed by atoms with Gasteiger partial charge in [0.2, 0.25) is 5.78 Å². The fourth-order valence-corrected chi connectivity index (χ4v) is 3.87. The van der Waals surface area contributed by atoms with Crippen molar-refractivity contribution in [3.8, 4) is 0 Å². The van der Waals surface area contributed by atoms with Crippen molar-refractivity contribution >= 4 is 33.2 Å². The van der Waals surface area contributed by atoms with Crippen LogP contribution in [-0.4, -0.2) is 29.2 Å². The van der Waals surface area contributed by atoms with Gasteiger partial charge in [-0.2, -0.15) is 0 Å². The molecule has 9 heteroatoms. The zero-order valence-electron chi connectivity index (χ0n) is 16.1. The van der Waals surface area contributed by atoms with E-state index in [1.165, 1.54) is 16.8 Å². The molecule has 0 spiro atoms. The van der Waals surface area contributed by atoms with E-state index in [0.717, 1.165) is 18.4 Å². The summed E-state index contributed by atoms with van der Waals surface area (Å²) in [5, 5.41) is 8.46. The summed E-state index contributed by atoms with van der Waals surface area (Å²) >= 11 is 5.89. The number of sulfonamides is 1. The lowest BCUT2D eigenvalue weighted by Gasteiger charge is -2.11. The molecule has 1 heterocycles. The molecule has 0 radical (unpaired) electrons. The quantitative estimate of drug-likeness (QED) is 0.541. The first-order chi connectivity index (χ1) is 13.8. The SMILES string of the molecule is CCCCn1nnc(C(=O)c2ccc(Cl)cc2)c1NS(=O)(=O)c1ccc(C)cc1. The topological polar surface area (TPSA) is 93.9 Å². The molecule has 0 unspecified atom stereocenters. The Labute approximate surface area is 174 Å². The zero-order chi connectivity index (χ0) is 21.0. The van der Waals surface area contributed by atoms with E-state index in [9.17, 15) is 13.2 Å². The van der Waals surface area contributed by atoms with Crippen LogP contribution in [0.3, 0.4) is 0 Å². The minimum absolute atomic E-state index is 0.0546. The normalized spacial score (nSPS) is 11.4. The average Bonchev–Trinajstić information content (AvgIpc) is 3.08. The minimum atomic E-state index is -3.92. The van der Waals surface area contributed by atoms with Crippen LogP contribution >= 0.6 is 11.6 Å². The standard InChI is InChI=1S/C20H21ClN4O3S/c1-3-4-13-25-20(23-29(27,28)17-11-5-14(2)6-12-17)18(22-24-25)19(26)15-7-9-16(21)10-8-15/h5-12,23H,3-4,13H2,1-2H3. The number of nitrogens with one attached hydrogen (secondary N) is 1. The third-order valence-corrected chi connectivity index (χ3v) is 5.95. The summed E-state index contributed by atoms with van der Waals surface area (Å²) < 4.78 is 29.7. The Balaban J connectivity index is 2.01. The largest absolute Gasteiger partial charge is 0.287 e. The van der Waals surface area contributed by atoms with Crippen LogP contribution in [0.25, 0.3) is 0 Å². The number of unbranched alkanes of at least 4 members (excludes halogenated alkanes) is 1. The van der Waals surface area contributed by atoms with Gasteiger partial charge in [0.1, 0.15) is 0 Å². The van der Waals surface area contributed by atoms with Crippen LogP contribution < -0.4 is 4.72 Å². The Hall–Kier alpha value is -2.71. The number of hydrogen-bond donors (Lipinski definition) is 1. The molecule has 152 valence electrons. The van der Waals surface area contributed by atoms with Crippen LogP contribution in [0.1, 0.15) is 41.4 Å². The highest BCUT2D eigenvalue weighted by atomic mass is 35.5. The number of ketones is 1. The molecule has 0 aliphatic heterocycles. The van der Waals surface area contributed by atoms with Crippen molar-refractivity contribution in [2.45, 2.75) is 38.1 Å². The van der Waals surface area contributed by atoms with E-state index >= 15 is 0 Å². The second-order valence-electron chi connectivity index (χ2n) is 6.62. The van der Waals surface area contributed by atoms with Crippen LogP contribution in [0, 0.1) is 6.92 Å². The second kappa shape index (κ2) is 8.75. The van der Waals surface area contributed by atoms with Crippen LogP contribution in [0.5, 0.6) is 0 Å². The average molecular weight is 433 g/mol. The molecule has 0 bridgehead atoms. The van der Waals surface area contributed by atoms with Gasteiger partial charge in [0.05, 0.1) is 4.90 Å². The lowest BCUT2D eigenvalue weighted by atomic mass is 10.1. The summed E-state index contributed by atoms with van der Waals surface area (Å²) in [7, 11) is -3.92. The van der Waals surface area contributed by atoms with Crippen molar-refractivity contribution in [2.24, 2.45) is 0 Å². The molecule has 29 heavy (non-hydrogen) atoms. The van der Waals surface area contributed by atoms with Gasteiger partial charge in [0, 0.05) is 17.1 Å². The smallest absolute Gasteiger partial charge is 0.263 e.